The van der Waals surface area contributed by atoms with Crippen LogP contribution in [-0.2, 0) is 28.6 Å². The van der Waals surface area contributed by atoms with Crippen molar-refractivity contribution in [3.8, 4) is 0 Å². The Balaban J connectivity index is 2.03. The molecule has 244 valence electrons. The molecule has 0 spiro atoms. The van der Waals surface area contributed by atoms with Gasteiger partial charge in [0.25, 0.3) is 5.91 Å². The van der Waals surface area contributed by atoms with E-state index in [1.807, 2.05) is 13.8 Å². The minimum absolute atomic E-state index is 0.0134. The number of likely N-dealkylation sites (tertiary alicyclic amines) is 1. The van der Waals surface area contributed by atoms with Gasteiger partial charge in [-0.15, -0.1) is 0 Å². The average molecular weight is 618 g/mol. The number of nitrogens with two attached hydrogens (primary N) is 1. The molecule has 0 radical (unpaired) electrons. The molecule has 2 amide bonds. The van der Waals surface area contributed by atoms with Crippen molar-refractivity contribution in [1.82, 2.24) is 10.2 Å². The first kappa shape index (κ1) is 35.2. The summed E-state index contributed by atoms with van der Waals surface area (Å²) in [6.07, 6.45) is 1.97. The van der Waals surface area contributed by atoms with E-state index < -0.39 is 48.1 Å². The molecule has 0 aromatic carbocycles. The summed E-state index contributed by atoms with van der Waals surface area (Å²) in [6, 6.07) is 0. The van der Waals surface area contributed by atoms with Crippen LogP contribution in [0.3, 0.4) is 0 Å². The van der Waals surface area contributed by atoms with Crippen LogP contribution >= 0.6 is 0 Å². The Morgan fingerprint density at radius 3 is 2.36 bits per heavy atom. The van der Waals surface area contributed by atoms with Gasteiger partial charge in [-0.3, -0.25) is 14.4 Å². The number of nitrogens with one attached hydrogen (secondary N) is 1. The Morgan fingerprint density at radius 2 is 1.77 bits per heavy atom. The highest BCUT2D eigenvalue weighted by Crippen LogP contribution is 2.33. The number of aliphatic hydroxyl groups excluding tert-OH is 2. The monoisotopic (exact) mass is 617 g/mol. The summed E-state index contributed by atoms with van der Waals surface area (Å²) in [5, 5.41) is 23.4. The van der Waals surface area contributed by atoms with Crippen molar-refractivity contribution in [2.24, 2.45) is 23.5 Å². The molecule has 1 fully saturated rings. The van der Waals surface area contributed by atoms with Crippen molar-refractivity contribution in [2.45, 2.75) is 77.8 Å². The Bertz CT molecular complexity index is 1230. The van der Waals surface area contributed by atoms with Crippen LogP contribution < -0.4 is 11.1 Å². The van der Waals surface area contributed by atoms with Gasteiger partial charge in [-0.25, -0.2) is 4.79 Å². The van der Waals surface area contributed by atoms with Gasteiger partial charge in [-0.2, -0.15) is 0 Å². The van der Waals surface area contributed by atoms with Crippen LogP contribution in [0.4, 0.5) is 4.79 Å². The molecule has 2 bridgehead atoms. The summed E-state index contributed by atoms with van der Waals surface area (Å²) in [4.78, 5) is 53.8. The highest BCUT2D eigenvalue weighted by atomic mass is 16.6. The summed E-state index contributed by atoms with van der Waals surface area (Å²) < 4.78 is 16.8. The highest BCUT2D eigenvalue weighted by molar-refractivity contribution is 6.23. The second kappa shape index (κ2) is 15.6. The van der Waals surface area contributed by atoms with Crippen molar-refractivity contribution in [1.29, 1.82) is 0 Å². The molecule has 44 heavy (non-hydrogen) atoms. The normalized spacial score (nSPS) is 32.6. The molecule has 2 aliphatic heterocycles. The third-order valence-corrected chi connectivity index (χ3v) is 8.62. The van der Waals surface area contributed by atoms with Gasteiger partial charge in [0.1, 0.15) is 0 Å². The SMILES string of the molecule is CO[C@H]1C[C@H](C)CC2=C(N3CC(CO)C3)C(=O)C=C(NC(=O)/C(C)=C/CC[C@H](OC)[C@@H](OC(N)=O)/C(C)=C/[C@H](C)[C@H]1O)C2=O. The second-order valence-corrected chi connectivity index (χ2v) is 12.2. The number of Topliss-reactive ketones (excluding diaryl/α,β-unsaturated/α-hetero) is 1. The lowest BCUT2D eigenvalue weighted by molar-refractivity contribution is -0.120. The van der Waals surface area contributed by atoms with Crippen LogP contribution in [0.5, 0.6) is 0 Å². The van der Waals surface area contributed by atoms with E-state index in [9.17, 15) is 29.4 Å². The molecular weight excluding hydrogens is 570 g/mol. The van der Waals surface area contributed by atoms with Crippen LogP contribution in [0.15, 0.2) is 46.3 Å². The van der Waals surface area contributed by atoms with E-state index in [0.717, 1.165) is 6.08 Å². The number of rotatable bonds is 5. The van der Waals surface area contributed by atoms with E-state index in [1.165, 1.54) is 14.2 Å². The first-order valence-corrected chi connectivity index (χ1v) is 15.1. The summed E-state index contributed by atoms with van der Waals surface area (Å²) in [7, 11) is 2.98. The molecular formula is C32H47N3O9. The first-order chi connectivity index (χ1) is 20.8. The maximum atomic E-state index is 13.8. The van der Waals surface area contributed by atoms with Crippen molar-refractivity contribution in [3.05, 3.63) is 46.3 Å². The molecule has 0 aromatic rings. The van der Waals surface area contributed by atoms with Crippen molar-refractivity contribution in [3.63, 3.8) is 0 Å². The molecule has 3 aliphatic rings. The lowest BCUT2D eigenvalue weighted by Gasteiger charge is -2.42. The van der Waals surface area contributed by atoms with Gasteiger partial charge in [0.2, 0.25) is 11.6 Å². The molecule has 1 saturated heterocycles. The average Bonchev–Trinajstić information content (AvgIpc) is 2.95. The van der Waals surface area contributed by atoms with Crippen LogP contribution in [0.25, 0.3) is 0 Å². The van der Waals surface area contributed by atoms with Crippen LogP contribution in [0.1, 0.15) is 53.4 Å². The van der Waals surface area contributed by atoms with Crippen LogP contribution in [0, 0.1) is 17.8 Å². The summed E-state index contributed by atoms with van der Waals surface area (Å²) in [5.41, 5.74) is 6.82. The van der Waals surface area contributed by atoms with Gasteiger partial charge in [0, 0.05) is 63.0 Å². The Labute approximate surface area is 259 Å². The molecule has 3 rings (SSSR count). The zero-order chi connectivity index (χ0) is 32.7. The second-order valence-electron chi connectivity index (χ2n) is 12.2. The number of amides is 2. The minimum atomic E-state index is -0.969. The molecule has 12 nitrogen and oxygen atoms in total. The summed E-state index contributed by atoms with van der Waals surface area (Å²) in [5.74, 6) is -1.96. The number of ether oxygens (including phenoxy) is 3. The van der Waals surface area contributed by atoms with Gasteiger partial charge in [0.15, 0.2) is 6.10 Å². The summed E-state index contributed by atoms with van der Waals surface area (Å²) >= 11 is 0. The molecule has 1 aliphatic carbocycles. The van der Waals surface area contributed by atoms with E-state index in [1.54, 1.807) is 30.9 Å². The number of hydrogen-bond acceptors (Lipinski definition) is 10. The molecule has 5 N–H and O–H groups in total. The number of ketones is 2. The van der Waals surface area contributed by atoms with Gasteiger partial charge in [-0.05, 0) is 51.0 Å². The molecule has 6 atom stereocenters. The largest absolute Gasteiger partial charge is 0.439 e. The predicted molar refractivity (Wildman–Crippen MR) is 162 cm³/mol. The highest BCUT2D eigenvalue weighted by Gasteiger charge is 2.39. The predicted octanol–water partition coefficient (Wildman–Crippen LogP) is 1.91. The Morgan fingerprint density at radius 1 is 1.11 bits per heavy atom. The summed E-state index contributed by atoms with van der Waals surface area (Å²) in [6.45, 7) is 7.99. The lowest BCUT2D eigenvalue weighted by Crippen LogP contribution is -2.50. The number of primary amides is 1. The Kier molecular flexibility index (Phi) is 12.5. The molecule has 0 aromatic heterocycles. The number of allylic oxidation sites excluding steroid dienone is 3. The van der Waals surface area contributed by atoms with Gasteiger partial charge in [0.05, 0.1) is 29.7 Å². The molecule has 2 heterocycles. The number of carbonyl (C=O) groups excluding carboxylic acids is 4. The number of nitrogens with zero attached hydrogens (tertiary/aromatic N) is 1. The fraction of sp³-hybridized carbons (Fsp3) is 0.625. The fourth-order valence-electron chi connectivity index (χ4n) is 6.09. The smallest absolute Gasteiger partial charge is 0.405 e. The maximum Gasteiger partial charge on any atom is 0.405 e. The van der Waals surface area contributed by atoms with Crippen LogP contribution in [-0.4, -0.2) is 97.0 Å². The van der Waals surface area contributed by atoms with Crippen molar-refractivity contribution < 1.29 is 43.6 Å². The molecule has 12 heteroatoms. The van der Waals surface area contributed by atoms with E-state index in [2.05, 4.69) is 5.32 Å². The number of aliphatic hydroxyl groups is 2. The zero-order valence-electron chi connectivity index (χ0n) is 26.5. The van der Waals surface area contributed by atoms with Crippen molar-refractivity contribution >= 4 is 23.6 Å². The number of carbonyl (C=O) groups is 4. The first-order valence-electron chi connectivity index (χ1n) is 15.1. The Hall–Kier alpha value is -3.32. The topological polar surface area (TPSA) is 178 Å². The van der Waals surface area contributed by atoms with Gasteiger partial charge < -0.3 is 40.4 Å². The third-order valence-electron chi connectivity index (χ3n) is 8.62. The standard InChI is InChI=1S/C32H47N3O9/c1-17-10-22-27(35-14-21(15-35)16-36)24(37)13-23(29(22)39)34-31(40)18(2)8-7-9-25(42-5)30(44-32(33)41)20(4)12-19(3)28(38)26(11-17)43-6/h8,12-13,17,19,21,25-26,28,30,36,38H,7,9-11,14-16H2,1-6H3,(H2,33,41)(H,34,40)/b18-8+,20-12+/t17-,19+,25+,26+,28-,30+/m1/s1. The van der Waals surface area contributed by atoms with E-state index in [0.29, 0.717) is 49.1 Å². The maximum absolute atomic E-state index is 13.8. The fourth-order valence-corrected chi connectivity index (χ4v) is 6.09. The van der Waals surface area contributed by atoms with E-state index in [-0.39, 0.29) is 42.0 Å². The molecule has 0 unspecified atom stereocenters. The quantitative estimate of drug-likeness (QED) is 0.263. The van der Waals surface area contributed by atoms with E-state index in [4.69, 9.17) is 19.9 Å². The number of fused-ring (bicyclic) bond motifs is 2. The van der Waals surface area contributed by atoms with Gasteiger partial charge >= 0.3 is 6.09 Å². The third kappa shape index (κ3) is 8.44. The zero-order valence-corrected chi connectivity index (χ0v) is 26.5. The van der Waals surface area contributed by atoms with Crippen molar-refractivity contribution in [2.75, 3.05) is 33.9 Å². The minimum Gasteiger partial charge on any atom is -0.439 e. The lowest BCUT2D eigenvalue weighted by atomic mass is 9.84. The molecule has 0 saturated carbocycles. The number of hydrogen-bond donors (Lipinski definition) is 4. The van der Waals surface area contributed by atoms with Gasteiger partial charge in [-0.1, -0.05) is 26.0 Å². The van der Waals surface area contributed by atoms with Crippen LogP contribution in [0.2, 0.25) is 0 Å². The van der Waals surface area contributed by atoms with E-state index >= 15 is 0 Å². The number of methoxy groups -OCH3 is 2.